The van der Waals surface area contributed by atoms with Crippen LogP contribution in [0.1, 0.15) is 6.35 Å². The third kappa shape index (κ3) is 2.41. The highest BCUT2D eigenvalue weighted by atomic mass is 16.5. The summed E-state index contributed by atoms with van der Waals surface area (Å²) in [6, 6.07) is 11.2. The SMILES string of the molecule is OB(O)c1cc(-c2ccccc2)nn1C1NCCO1. The Bertz CT molecular complexity index is 553. The van der Waals surface area contributed by atoms with E-state index in [1.807, 2.05) is 30.3 Å². The van der Waals surface area contributed by atoms with Gasteiger partial charge in [-0.05, 0) is 6.07 Å². The van der Waals surface area contributed by atoms with E-state index in [1.54, 1.807) is 6.07 Å². The van der Waals surface area contributed by atoms with Crippen LogP contribution in [0.5, 0.6) is 0 Å². The van der Waals surface area contributed by atoms with Crippen molar-refractivity contribution in [2.75, 3.05) is 13.2 Å². The third-order valence-corrected chi connectivity index (χ3v) is 3.02. The van der Waals surface area contributed by atoms with E-state index >= 15 is 0 Å². The van der Waals surface area contributed by atoms with Gasteiger partial charge < -0.3 is 14.8 Å². The fraction of sp³-hybridized carbons (Fsp3) is 0.250. The number of benzene rings is 1. The highest BCUT2D eigenvalue weighted by Crippen LogP contribution is 2.17. The Balaban J connectivity index is 2.01. The van der Waals surface area contributed by atoms with Crippen LogP contribution in [0.4, 0.5) is 0 Å². The van der Waals surface area contributed by atoms with Crippen LogP contribution in [-0.2, 0) is 4.74 Å². The fourth-order valence-corrected chi connectivity index (χ4v) is 2.11. The molecule has 1 atom stereocenters. The van der Waals surface area contributed by atoms with Crippen LogP contribution < -0.4 is 10.9 Å². The lowest BCUT2D eigenvalue weighted by Crippen LogP contribution is -2.40. The molecule has 0 saturated carbocycles. The Kier molecular flexibility index (Phi) is 3.35. The van der Waals surface area contributed by atoms with Gasteiger partial charge in [-0.3, -0.25) is 5.32 Å². The molecule has 1 aromatic carbocycles. The van der Waals surface area contributed by atoms with Crippen LogP contribution in [0.25, 0.3) is 11.3 Å². The zero-order valence-corrected chi connectivity index (χ0v) is 10.2. The van der Waals surface area contributed by atoms with Gasteiger partial charge in [0, 0.05) is 12.1 Å². The summed E-state index contributed by atoms with van der Waals surface area (Å²) in [6.07, 6.45) is -0.450. The average Bonchev–Trinajstić information content (AvgIpc) is 3.08. The first-order valence-corrected chi connectivity index (χ1v) is 6.12. The summed E-state index contributed by atoms with van der Waals surface area (Å²) in [5.41, 5.74) is 1.90. The van der Waals surface area contributed by atoms with Gasteiger partial charge in [-0.25, -0.2) is 4.68 Å². The molecule has 2 heterocycles. The molecule has 1 saturated heterocycles. The molecule has 0 aliphatic carbocycles. The second-order valence-electron chi connectivity index (χ2n) is 4.32. The fourth-order valence-electron chi connectivity index (χ4n) is 2.11. The molecule has 0 amide bonds. The van der Waals surface area contributed by atoms with E-state index in [1.165, 1.54) is 4.68 Å². The predicted octanol–water partition coefficient (Wildman–Crippen LogP) is -0.694. The van der Waals surface area contributed by atoms with Crippen molar-refractivity contribution in [3.63, 3.8) is 0 Å². The maximum atomic E-state index is 9.44. The number of rotatable bonds is 3. The molecule has 7 heteroatoms. The summed E-state index contributed by atoms with van der Waals surface area (Å²) in [7, 11) is -1.59. The van der Waals surface area contributed by atoms with E-state index in [9.17, 15) is 10.0 Å². The topological polar surface area (TPSA) is 79.5 Å². The molecule has 1 aliphatic heterocycles. The van der Waals surface area contributed by atoms with Crippen LogP contribution in [-0.4, -0.2) is 40.1 Å². The lowest BCUT2D eigenvalue weighted by Gasteiger charge is -2.13. The van der Waals surface area contributed by atoms with E-state index in [2.05, 4.69) is 10.4 Å². The van der Waals surface area contributed by atoms with Crippen LogP contribution in [0.3, 0.4) is 0 Å². The number of aromatic nitrogens is 2. The second-order valence-corrected chi connectivity index (χ2v) is 4.32. The quantitative estimate of drug-likeness (QED) is 0.635. The van der Waals surface area contributed by atoms with Gasteiger partial charge in [0.1, 0.15) is 0 Å². The predicted molar refractivity (Wildman–Crippen MR) is 70.5 cm³/mol. The van der Waals surface area contributed by atoms with Crippen LogP contribution in [0.15, 0.2) is 36.4 Å². The Morgan fingerprint density at radius 2 is 2.11 bits per heavy atom. The average molecular weight is 259 g/mol. The van der Waals surface area contributed by atoms with Gasteiger partial charge in [-0.15, -0.1) is 0 Å². The molecule has 3 rings (SSSR count). The van der Waals surface area contributed by atoms with Crippen molar-refractivity contribution in [3.8, 4) is 11.3 Å². The van der Waals surface area contributed by atoms with Gasteiger partial charge >= 0.3 is 7.12 Å². The molecule has 1 unspecified atom stereocenters. The molecule has 1 aliphatic rings. The minimum Gasteiger partial charge on any atom is -0.422 e. The molecule has 0 bridgehead atoms. The number of nitrogens with zero attached hydrogens (tertiary/aromatic N) is 2. The van der Waals surface area contributed by atoms with Crippen molar-refractivity contribution >= 4 is 12.7 Å². The van der Waals surface area contributed by atoms with Gasteiger partial charge in [0.15, 0.2) is 0 Å². The second kappa shape index (κ2) is 5.14. The number of nitrogens with one attached hydrogen (secondary N) is 1. The molecule has 0 radical (unpaired) electrons. The number of hydrogen-bond acceptors (Lipinski definition) is 5. The first kappa shape index (κ1) is 12.4. The summed E-state index contributed by atoms with van der Waals surface area (Å²) in [4.78, 5) is 0. The zero-order chi connectivity index (χ0) is 13.2. The summed E-state index contributed by atoms with van der Waals surface area (Å²) < 4.78 is 6.92. The molecule has 98 valence electrons. The molecular weight excluding hydrogens is 245 g/mol. The van der Waals surface area contributed by atoms with E-state index in [4.69, 9.17) is 4.74 Å². The molecule has 0 spiro atoms. The molecular formula is C12H14BN3O3. The Morgan fingerprint density at radius 1 is 1.32 bits per heavy atom. The van der Waals surface area contributed by atoms with E-state index in [0.29, 0.717) is 24.4 Å². The standard InChI is InChI=1S/C12H14BN3O3/c17-13(18)11-8-10(9-4-2-1-3-5-9)15-16(11)12-14-6-7-19-12/h1-5,8,12,14,17-18H,6-7H2. The van der Waals surface area contributed by atoms with Crippen LogP contribution in [0, 0.1) is 0 Å². The molecule has 6 nitrogen and oxygen atoms in total. The minimum atomic E-state index is -1.59. The van der Waals surface area contributed by atoms with Crippen molar-refractivity contribution in [2.45, 2.75) is 6.35 Å². The Labute approximate surface area is 110 Å². The largest absolute Gasteiger partial charge is 0.507 e. The zero-order valence-electron chi connectivity index (χ0n) is 10.2. The smallest absolute Gasteiger partial charge is 0.422 e. The third-order valence-electron chi connectivity index (χ3n) is 3.02. The molecule has 1 aromatic heterocycles. The highest BCUT2D eigenvalue weighted by Gasteiger charge is 2.27. The van der Waals surface area contributed by atoms with Gasteiger partial charge in [-0.1, -0.05) is 30.3 Å². The highest BCUT2D eigenvalue weighted by molar-refractivity contribution is 6.57. The van der Waals surface area contributed by atoms with Crippen molar-refractivity contribution in [2.24, 2.45) is 0 Å². The van der Waals surface area contributed by atoms with Crippen molar-refractivity contribution in [1.29, 1.82) is 0 Å². The van der Waals surface area contributed by atoms with E-state index in [-0.39, 0.29) is 0 Å². The Hall–Kier alpha value is -1.67. The summed E-state index contributed by atoms with van der Waals surface area (Å²) in [5, 5.41) is 26.4. The monoisotopic (exact) mass is 259 g/mol. The number of ether oxygens (including phenoxy) is 1. The summed E-state index contributed by atoms with van der Waals surface area (Å²) >= 11 is 0. The van der Waals surface area contributed by atoms with Crippen molar-refractivity contribution in [1.82, 2.24) is 15.1 Å². The molecule has 1 fully saturated rings. The van der Waals surface area contributed by atoms with Gasteiger partial charge in [0.05, 0.1) is 17.9 Å². The number of hydrogen-bond donors (Lipinski definition) is 3. The molecule has 19 heavy (non-hydrogen) atoms. The van der Waals surface area contributed by atoms with Crippen molar-refractivity contribution in [3.05, 3.63) is 36.4 Å². The Morgan fingerprint density at radius 3 is 2.74 bits per heavy atom. The molecule has 2 aromatic rings. The van der Waals surface area contributed by atoms with E-state index < -0.39 is 13.5 Å². The first-order chi connectivity index (χ1) is 9.25. The van der Waals surface area contributed by atoms with Crippen molar-refractivity contribution < 1.29 is 14.8 Å². The lowest BCUT2D eigenvalue weighted by molar-refractivity contribution is 0.0365. The normalized spacial score (nSPS) is 18.7. The summed E-state index contributed by atoms with van der Waals surface area (Å²) in [6.45, 7) is 1.29. The lowest BCUT2D eigenvalue weighted by atomic mass is 9.85. The maximum absolute atomic E-state index is 9.44. The molecule has 3 N–H and O–H groups in total. The van der Waals surface area contributed by atoms with Gasteiger partial charge in [0.25, 0.3) is 0 Å². The van der Waals surface area contributed by atoms with Crippen LogP contribution in [0.2, 0.25) is 0 Å². The maximum Gasteiger partial charge on any atom is 0.507 e. The van der Waals surface area contributed by atoms with Gasteiger partial charge in [0.2, 0.25) is 6.35 Å². The minimum absolute atomic E-state index is 0.304. The first-order valence-electron chi connectivity index (χ1n) is 6.12. The van der Waals surface area contributed by atoms with Crippen LogP contribution >= 0.6 is 0 Å². The van der Waals surface area contributed by atoms with Gasteiger partial charge in [-0.2, -0.15) is 5.10 Å². The summed E-state index contributed by atoms with van der Waals surface area (Å²) in [5.74, 6) is 0. The van der Waals surface area contributed by atoms with E-state index in [0.717, 1.165) is 5.56 Å².